The molecular formula is C18H17N5. The van der Waals surface area contributed by atoms with Gasteiger partial charge in [0.15, 0.2) is 5.82 Å². The van der Waals surface area contributed by atoms with Gasteiger partial charge in [0.05, 0.1) is 17.6 Å². The first kappa shape index (κ1) is 13.8. The van der Waals surface area contributed by atoms with Crippen LogP contribution < -0.4 is 4.90 Å². The van der Waals surface area contributed by atoms with Gasteiger partial charge in [-0.15, -0.1) is 0 Å². The molecule has 1 aromatic carbocycles. The molecular weight excluding hydrogens is 286 g/mol. The average molecular weight is 303 g/mol. The van der Waals surface area contributed by atoms with Crippen molar-refractivity contribution in [3.8, 4) is 11.3 Å². The van der Waals surface area contributed by atoms with E-state index >= 15 is 0 Å². The third kappa shape index (κ3) is 2.90. The highest BCUT2D eigenvalue weighted by Crippen LogP contribution is 2.27. The van der Waals surface area contributed by atoms with Crippen molar-refractivity contribution in [3.05, 3.63) is 66.5 Å². The molecule has 1 aliphatic rings. The van der Waals surface area contributed by atoms with Crippen LogP contribution in [-0.2, 0) is 13.0 Å². The summed E-state index contributed by atoms with van der Waals surface area (Å²) in [5.74, 6) is 0.987. The molecule has 114 valence electrons. The maximum absolute atomic E-state index is 4.84. The van der Waals surface area contributed by atoms with Crippen molar-refractivity contribution < 1.29 is 0 Å². The Kier molecular flexibility index (Phi) is 3.68. The van der Waals surface area contributed by atoms with Crippen LogP contribution in [0.5, 0.6) is 0 Å². The van der Waals surface area contributed by atoms with Crippen molar-refractivity contribution in [1.82, 2.24) is 19.9 Å². The van der Waals surface area contributed by atoms with E-state index in [9.17, 15) is 0 Å². The minimum Gasteiger partial charge on any atom is -0.351 e. The Morgan fingerprint density at radius 1 is 1.00 bits per heavy atom. The summed E-state index contributed by atoms with van der Waals surface area (Å²) in [5, 5.41) is 0. The van der Waals surface area contributed by atoms with Gasteiger partial charge in [-0.1, -0.05) is 30.3 Å². The Bertz CT molecular complexity index is 789. The van der Waals surface area contributed by atoms with Crippen molar-refractivity contribution in [2.24, 2.45) is 0 Å². The first-order chi connectivity index (χ1) is 11.4. The third-order valence-corrected chi connectivity index (χ3v) is 4.04. The fourth-order valence-corrected chi connectivity index (χ4v) is 2.91. The molecule has 0 saturated heterocycles. The number of fused-ring (bicyclic) bond motifs is 1. The van der Waals surface area contributed by atoms with Crippen LogP contribution in [0.3, 0.4) is 0 Å². The molecule has 23 heavy (non-hydrogen) atoms. The van der Waals surface area contributed by atoms with Crippen molar-refractivity contribution in [2.45, 2.75) is 19.4 Å². The SMILES string of the molecule is c1ccc(CN2CCCc3ncc(-c4cncnc4)nc32)cc1. The number of hydrogen-bond acceptors (Lipinski definition) is 5. The van der Waals surface area contributed by atoms with Gasteiger partial charge in [-0.25, -0.2) is 15.0 Å². The van der Waals surface area contributed by atoms with Crippen LogP contribution in [0.4, 0.5) is 5.82 Å². The zero-order valence-corrected chi connectivity index (χ0v) is 12.8. The van der Waals surface area contributed by atoms with Gasteiger partial charge in [-0.2, -0.15) is 0 Å². The van der Waals surface area contributed by atoms with Gasteiger partial charge in [-0.05, 0) is 18.4 Å². The number of aryl methyl sites for hydroxylation is 1. The standard InChI is InChI=1S/C18H17N5/c1-2-5-14(6-3-1)12-23-8-4-7-16-18(23)22-17(11-21-16)15-9-19-13-20-10-15/h1-3,5-6,9-11,13H,4,7-8,12H2. The molecule has 0 unspecified atom stereocenters. The van der Waals surface area contributed by atoms with Crippen LogP contribution in [0, 0.1) is 0 Å². The normalized spacial score (nSPS) is 13.7. The summed E-state index contributed by atoms with van der Waals surface area (Å²) < 4.78 is 0. The van der Waals surface area contributed by atoms with Crippen LogP contribution in [0.15, 0.2) is 55.2 Å². The molecule has 0 fully saturated rings. The predicted molar refractivity (Wildman–Crippen MR) is 88.9 cm³/mol. The highest BCUT2D eigenvalue weighted by atomic mass is 15.2. The monoisotopic (exact) mass is 303 g/mol. The van der Waals surface area contributed by atoms with E-state index in [1.165, 1.54) is 11.9 Å². The van der Waals surface area contributed by atoms with Crippen molar-refractivity contribution in [1.29, 1.82) is 0 Å². The molecule has 4 rings (SSSR count). The molecule has 0 bridgehead atoms. The Balaban J connectivity index is 1.69. The lowest BCUT2D eigenvalue weighted by Crippen LogP contribution is -2.30. The van der Waals surface area contributed by atoms with Gasteiger partial charge in [0, 0.05) is 31.0 Å². The Morgan fingerprint density at radius 3 is 2.65 bits per heavy atom. The average Bonchev–Trinajstić information content (AvgIpc) is 2.63. The third-order valence-electron chi connectivity index (χ3n) is 4.04. The Hall–Kier alpha value is -2.82. The summed E-state index contributed by atoms with van der Waals surface area (Å²) >= 11 is 0. The summed E-state index contributed by atoms with van der Waals surface area (Å²) in [6, 6.07) is 10.5. The van der Waals surface area contributed by atoms with Crippen LogP contribution in [0.25, 0.3) is 11.3 Å². The Morgan fingerprint density at radius 2 is 1.83 bits per heavy atom. The van der Waals surface area contributed by atoms with E-state index in [0.717, 1.165) is 48.7 Å². The van der Waals surface area contributed by atoms with Crippen LogP contribution in [0.1, 0.15) is 17.7 Å². The molecule has 0 atom stereocenters. The number of rotatable bonds is 3. The van der Waals surface area contributed by atoms with E-state index in [1.54, 1.807) is 12.4 Å². The maximum atomic E-state index is 4.84. The van der Waals surface area contributed by atoms with E-state index in [0.29, 0.717) is 0 Å². The minimum atomic E-state index is 0.823. The van der Waals surface area contributed by atoms with Gasteiger partial charge < -0.3 is 4.90 Å². The van der Waals surface area contributed by atoms with Gasteiger partial charge in [0.2, 0.25) is 0 Å². The molecule has 0 N–H and O–H groups in total. The summed E-state index contributed by atoms with van der Waals surface area (Å²) in [5.41, 5.74) is 4.08. The zero-order chi connectivity index (χ0) is 15.5. The second-order valence-electron chi connectivity index (χ2n) is 5.66. The molecule has 0 amide bonds. The van der Waals surface area contributed by atoms with E-state index in [1.807, 2.05) is 12.3 Å². The molecule has 0 spiro atoms. The summed E-state index contributed by atoms with van der Waals surface area (Å²) in [4.78, 5) is 19.9. The first-order valence-electron chi connectivity index (χ1n) is 7.80. The fraction of sp³-hybridized carbons (Fsp3) is 0.222. The minimum absolute atomic E-state index is 0.823. The van der Waals surface area contributed by atoms with Crippen molar-refractivity contribution in [3.63, 3.8) is 0 Å². The van der Waals surface area contributed by atoms with E-state index in [4.69, 9.17) is 4.98 Å². The zero-order valence-electron chi connectivity index (χ0n) is 12.8. The number of benzene rings is 1. The van der Waals surface area contributed by atoms with Gasteiger partial charge in [0.25, 0.3) is 0 Å². The predicted octanol–water partition coefficient (Wildman–Crippen LogP) is 2.89. The number of aromatic nitrogens is 4. The molecule has 5 heteroatoms. The molecule has 5 nitrogen and oxygen atoms in total. The molecule has 3 heterocycles. The molecule has 0 saturated carbocycles. The van der Waals surface area contributed by atoms with Crippen molar-refractivity contribution >= 4 is 5.82 Å². The molecule has 0 radical (unpaired) electrons. The highest BCUT2D eigenvalue weighted by molar-refractivity contribution is 5.60. The first-order valence-corrected chi connectivity index (χ1v) is 7.80. The smallest absolute Gasteiger partial charge is 0.151 e. The molecule has 0 aliphatic carbocycles. The topological polar surface area (TPSA) is 54.8 Å². The lowest BCUT2D eigenvalue weighted by atomic mass is 10.1. The largest absolute Gasteiger partial charge is 0.351 e. The van der Waals surface area contributed by atoms with E-state index < -0.39 is 0 Å². The molecule has 3 aromatic rings. The van der Waals surface area contributed by atoms with E-state index in [-0.39, 0.29) is 0 Å². The number of nitrogens with zero attached hydrogens (tertiary/aromatic N) is 5. The highest BCUT2D eigenvalue weighted by Gasteiger charge is 2.20. The summed E-state index contributed by atoms with van der Waals surface area (Å²) in [6.45, 7) is 1.86. The number of hydrogen-bond donors (Lipinski definition) is 0. The fourth-order valence-electron chi connectivity index (χ4n) is 2.91. The second-order valence-corrected chi connectivity index (χ2v) is 5.66. The maximum Gasteiger partial charge on any atom is 0.151 e. The molecule has 2 aromatic heterocycles. The van der Waals surface area contributed by atoms with E-state index in [2.05, 4.69) is 44.1 Å². The summed E-state index contributed by atoms with van der Waals surface area (Å²) in [6.07, 6.45) is 8.99. The van der Waals surface area contributed by atoms with Crippen LogP contribution in [-0.4, -0.2) is 26.5 Å². The summed E-state index contributed by atoms with van der Waals surface area (Å²) in [7, 11) is 0. The molecule has 1 aliphatic heterocycles. The van der Waals surface area contributed by atoms with Crippen LogP contribution >= 0.6 is 0 Å². The quantitative estimate of drug-likeness (QED) is 0.744. The van der Waals surface area contributed by atoms with Gasteiger partial charge >= 0.3 is 0 Å². The van der Waals surface area contributed by atoms with Gasteiger partial charge in [-0.3, -0.25) is 4.98 Å². The lowest BCUT2D eigenvalue weighted by molar-refractivity contribution is 0.664. The van der Waals surface area contributed by atoms with Crippen molar-refractivity contribution in [2.75, 3.05) is 11.4 Å². The lowest BCUT2D eigenvalue weighted by Gasteiger charge is -2.29. The van der Waals surface area contributed by atoms with Gasteiger partial charge in [0.1, 0.15) is 6.33 Å². The number of anilines is 1. The van der Waals surface area contributed by atoms with Crippen LogP contribution in [0.2, 0.25) is 0 Å². The Labute approximate surface area is 135 Å². The second kappa shape index (κ2) is 6.12.